The summed E-state index contributed by atoms with van der Waals surface area (Å²) in [7, 11) is 0. The normalized spacial score (nSPS) is 14.5. The minimum Gasteiger partial charge on any atom is -0.455 e. The number of nitrogens with zero attached hydrogens (tertiary/aromatic N) is 3. The Morgan fingerprint density at radius 2 is 0.695 bits per heavy atom. The van der Waals surface area contributed by atoms with Gasteiger partial charge in [-0.05, 0) is 191 Å². The van der Waals surface area contributed by atoms with Crippen molar-refractivity contribution >= 4 is 88.6 Å². The summed E-state index contributed by atoms with van der Waals surface area (Å²) in [6.45, 7) is 34.6. The average molecular weight is 1240 g/mol. The minimum atomic E-state index is -0.989. The van der Waals surface area contributed by atoms with E-state index in [1.807, 2.05) is 0 Å². The predicted molar refractivity (Wildman–Crippen MR) is 406 cm³/mol. The van der Waals surface area contributed by atoms with Crippen LogP contribution in [-0.2, 0) is 32.5 Å². The molecule has 0 saturated heterocycles. The van der Waals surface area contributed by atoms with Gasteiger partial charge in [0.1, 0.15) is 11.2 Å². The Morgan fingerprint density at radius 1 is 0.305 bits per heavy atom. The van der Waals surface area contributed by atoms with E-state index >= 15 is 0 Å². The number of fused-ring (bicyclic) bond motifs is 12. The first-order valence-corrected chi connectivity index (χ1v) is 34.1. The fourth-order valence-electron chi connectivity index (χ4n) is 15.2. The summed E-state index contributed by atoms with van der Waals surface area (Å²) in [5.74, 6) is 0. The van der Waals surface area contributed by atoms with Crippen LogP contribution in [0.5, 0.6) is 0 Å². The Kier molecular flexibility index (Phi) is 14.3. The fraction of sp³-hybridized carbons (Fsp3) is 0.231. The number of anilines is 6. The molecule has 1 aliphatic rings. The van der Waals surface area contributed by atoms with Crippen molar-refractivity contribution in [1.29, 1.82) is 0 Å². The summed E-state index contributed by atoms with van der Waals surface area (Å²) in [5.41, 5.74) is 23.7. The van der Waals surface area contributed by atoms with Gasteiger partial charge >= 0.3 is 0 Å². The lowest BCUT2D eigenvalue weighted by Crippen LogP contribution is -2.29. The SMILES string of the molecule is CC(C)(C)c1ccc(N(c2ccccc2)c2cc3c(c4ccccc24)-c2c(cc(N(c4ccccc4)c4ccc(C(C)(C)C)cc4)c4c2oc2ccccc24)C3(c2ccc(C(C)(C)C)cc2)c2ccc3c(c2)c2cc(C(C)(C)C)ccc2n3-c2ccc(C(C)(C)C)cc2)cc1. The summed E-state index contributed by atoms with van der Waals surface area (Å²) < 4.78 is 10.2. The van der Waals surface area contributed by atoms with E-state index in [0.717, 1.165) is 89.2 Å². The van der Waals surface area contributed by atoms with Crippen LogP contribution in [0.2, 0.25) is 0 Å². The largest absolute Gasteiger partial charge is 0.455 e. The van der Waals surface area contributed by atoms with Gasteiger partial charge in [0.2, 0.25) is 0 Å². The Bertz CT molecular complexity index is 5260. The van der Waals surface area contributed by atoms with Gasteiger partial charge in [0.25, 0.3) is 0 Å². The number of para-hydroxylation sites is 3. The van der Waals surface area contributed by atoms with Gasteiger partial charge in [0.15, 0.2) is 0 Å². The number of benzene rings is 12. The summed E-state index contributed by atoms with van der Waals surface area (Å²) in [4.78, 5) is 4.99. The Morgan fingerprint density at radius 3 is 1.22 bits per heavy atom. The predicted octanol–water partition coefficient (Wildman–Crippen LogP) is 25.6. The molecule has 1 atom stereocenters. The summed E-state index contributed by atoms with van der Waals surface area (Å²) in [5, 5.41) is 6.85. The lowest BCUT2D eigenvalue weighted by Gasteiger charge is -2.37. The molecule has 0 aliphatic heterocycles. The molecular formula is C91H87N3O. The van der Waals surface area contributed by atoms with Crippen molar-refractivity contribution in [3.05, 3.63) is 305 Å². The van der Waals surface area contributed by atoms with E-state index < -0.39 is 5.41 Å². The van der Waals surface area contributed by atoms with Crippen LogP contribution in [0.15, 0.2) is 259 Å². The summed E-state index contributed by atoms with van der Waals surface area (Å²) in [6.07, 6.45) is 0. The molecule has 4 nitrogen and oxygen atoms in total. The Hall–Kier alpha value is -9.90. The second-order valence-corrected chi connectivity index (χ2v) is 31.8. The molecule has 2 heterocycles. The third-order valence-electron chi connectivity index (χ3n) is 20.4. The van der Waals surface area contributed by atoms with Gasteiger partial charge in [-0.2, -0.15) is 0 Å². The quantitative estimate of drug-likeness (QED) is 0.144. The van der Waals surface area contributed by atoms with Crippen molar-refractivity contribution < 1.29 is 4.42 Å². The van der Waals surface area contributed by atoms with Crippen LogP contribution < -0.4 is 9.80 Å². The highest BCUT2D eigenvalue weighted by molar-refractivity contribution is 6.23. The molecule has 95 heavy (non-hydrogen) atoms. The molecule has 4 heteroatoms. The van der Waals surface area contributed by atoms with Gasteiger partial charge in [-0.15, -0.1) is 0 Å². The van der Waals surface area contributed by atoms with Crippen molar-refractivity contribution in [1.82, 2.24) is 4.57 Å². The first kappa shape index (κ1) is 61.3. The Labute approximate surface area is 562 Å². The van der Waals surface area contributed by atoms with Gasteiger partial charge in [-0.3, -0.25) is 0 Å². The maximum absolute atomic E-state index is 7.73. The molecule has 0 bridgehead atoms. The van der Waals surface area contributed by atoms with E-state index in [1.165, 1.54) is 66.4 Å². The number of hydrogen-bond acceptors (Lipinski definition) is 3. The van der Waals surface area contributed by atoms with Gasteiger partial charge in [0.05, 0.1) is 33.2 Å². The molecule has 0 N–H and O–H groups in total. The number of aromatic nitrogens is 1. The average Bonchev–Trinajstić information content (AvgIpc) is 1.51. The van der Waals surface area contributed by atoms with Gasteiger partial charge in [-0.25, -0.2) is 0 Å². The molecule has 12 aromatic carbocycles. The number of furan rings is 1. The van der Waals surface area contributed by atoms with Crippen molar-refractivity contribution in [2.45, 2.75) is 136 Å². The van der Waals surface area contributed by atoms with Crippen molar-refractivity contribution in [2.24, 2.45) is 0 Å². The molecular weight excluding hydrogens is 1150 g/mol. The highest BCUT2D eigenvalue weighted by Gasteiger charge is 2.50. The molecule has 0 radical (unpaired) electrons. The van der Waals surface area contributed by atoms with Crippen LogP contribution in [0.4, 0.5) is 34.1 Å². The van der Waals surface area contributed by atoms with Gasteiger partial charge in [-0.1, -0.05) is 256 Å². The first-order chi connectivity index (χ1) is 45.3. The lowest BCUT2D eigenvalue weighted by atomic mass is 9.66. The lowest BCUT2D eigenvalue weighted by molar-refractivity contribution is 0.589. The monoisotopic (exact) mass is 1240 g/mol. The zero-order chi connectivity index (χ0) is 66.3. The van der Waals surface area contributed by atoms with Crippen LogP contribution in [0.25, 0.3) is 71.3 Å². The molecule has 1 aliphatic carbocycles. The second-order valence-electron chi connectivity index (χ2n) is 31.8. The minimum absolute atomic E-state index is 0.00611. The van der Waals surface area contributed by atoms with E-state index in [-0.39, 0.29) is 27.1 Å². The smallest absolute Gasteiger partial charge is 0.145 e. The van der Waals surface area contributed by atoms with Crippen molar-refractivity contribution in [3.8, 4) is 16.8 Å². The van der Waals surface area contributed by atoms with Crippen LogP contribution in [-0.4, -0.2) is 4.57 Å². The van der Waals surface area contributed by atoms with Crippen LogP contribution in [0, 0.1) is 0 Å². The van der Waals surface area contributed by atoms with Crippen LogP contribution >= 0.6 is 0 Å². The summed E-state index contributed by atoms with van der Waals surface area (Å²) in [6, 6.07) is 97.2. The van der Waals surface area contributed by atoms with Gasteiger partial charge < -0.3 is 18.8 Å². The third kappa shape index (κ3) is 10.2. The molecule has 14 aromatic rings. The summed E-state index contributed by atoms with van der Waals surface area (Å²) >= 11 is 0. The molecule has 1 unspecified atom stereocenters. The number of rotatable bonds is 9. The number of hydrogen-bond donors (Lipinski definition) is 0. The molecule has 0 amide bonds. The maximum atomic E-state index is 7.73. The maximum Gasteiger partial charge on any atom is 0.145 e. The molecule has 15 rings (SSSR count). The van der Waals surface area contributed by atoms with Crippen LogP contribution in [0.1, 0.15) is 154 Å². The van der Waals surface area contributed by atoms with Crippen LogP contribution in [0.3, 0.4) is 0 Å². The molecule has 2 aromatic heterocycles. The Balaban J connectivity index is 1.15. The van der Waals surface area contributed by atoms with Crippen molar-refractivity contribution in [2.75, 3.05) is 9.80 Å². The first-order valence-electron chi connectivity index (χ1n) is 34.1. The van der Waals surface area contributed by atoms with E-state index in [9.17, 15) is 0 Å². The topological polar surface area (TPSA) is 24.6 Å². The zero-order valence-electron chi connectivity index (χ0n) is 58.0. The second kappa shape index (κ2) is 22.1. The third-order valence-corrected chi connectivity index (χ3v) is 20.4. The van der Waals surface area contributed by atoms with Gasteiger partial charge in [0, 0.05) is 55.5 Å². The fourth-order valence-corrected chi connectivity index (χ4v) is 15.2. The molecule has 0 fully saturated rings. The van der Waals surface area contributed by atoms with E-state index in [1.54, 1.807) is 0 Å². The molecule has 0 saturated carbocycles. The highest BCUT2D eigenvalue weighted by atomic mass is 16.3. The standard InChI is InChI=1S/C91H87N3O/c1-86(2,3)58-34-36-62(37-35-58)91(64-45-53-78-74(55-64)73-54-63(90(13,14)15)44-52-77(73)94(78)69-50-42-61(43-51-69)89(10,11)12)75-56-79(92(65-26-18-16-19-27-65)67-46-38-59(39-47-67)87(4,5)6)70-30-22-23-31-71(70)82(75)84-76(91)57-80(83-72-32-24-25-33-81(72)95-85(83)84)93(66-28-20-17-21-29-66)68-48-40-60(41-49-68)88(7,8)9/h16-57H,1-15H3. The highest BCUT2D eigenvalue weighted by Crippen LogP contribution is 2.64. The van der Waals surface area contributed by atoms with E-state index in [2.05, 4.69) is 373 Å². The molecule has 0 spiro atoms. The molecule has 472 valence electrons. The zero-order valence-corrected chi connectivity index (χ0v) is 58.0. The van der Waals surface area contributed by atoms with Crippen molar-refractivity contribution in [3.63, 3.8) is 0 Å². The van der Waals surface area contributed by atoms with E-state index in [4.69, 9.17) is 4.42 Å². The van der Waals surface area contributed by atoms with E-state index in [0.29, 0.717) is 0 Å².